The van der Waals surface area contributed by atoms with Crippen molar-refractivity contribution in [2.24, 2.45) is 0 Å². The Labute approximate surface area is 107 Å². The molecule has 17 heavy (non-hydrogen) atoms. The van der Waals surface area contributed by atoms with Crippen molar-refractivity contribution in [1.82, 2.24) is 15.2 Å². The Kier molecular flexibility index (Phi) is 3.27. The Hall–Kier alpha value is -1.25. The molecule has 0 aliphatic rings. The van der Waals surface area contributed by atoms with E-state index in [-0.39, 0.29) is 15.2 Å². The number of nitrogens with one attached hydrogen (secondary N) is 1. The molecule has 90 valence electrons. The fourth-order valence-corrected chi connectivity index (χ4v) is 3.36. The predicted octanol–water partition coefficient (Wildman–Crippen LogP) is 1.70. The van der Waals surface area contributed by atoms with E-state index >= 15 is 0 Å². The van der Waals surface area contributed by atoms with Gasteiger partial charge < -0.3 is 0 Å². The highest BCUT2D eigenvalue weighted by molar-refractivity contribution is 7.93. The zero-order chi connectivity index (χ0) is 12.5. The summed E-state index contributed by atoms with van der Waals surface area (Å²) in [5, 5.41) is 8.16. The monoisotopic (exact) mass is 290 g/mol. The largest absolute Gasteiger partial charge is 0.266 e. The lowest BCUT2D eigenvalue weighted by molar-refractivity contribution is 0.601. The van der Waals surface area contributed by atoms with Crippen molar-refractivity contribution >= 4 is 38.1 Å². The van der Waals surface area contributed by atoms with E-state index in [4.69, 9.17) is 11.6 Å². The summed E-state index contributed by atoms with van der Waals surface area (Å²) in [7, 11) is -3.77. The van der Waals surface area contributed by atoms with Crippen molar-refractivity contribution in [2.45, 2.75) is 11.8 Å². The van der Waals surface area contributed by atoms with Crippen molar-refractivity contribution in [3.8, 4) is 0 Å². The predicted molar refractivity (Wildman–Crippen MR) is 64.7 cm³/mol. The number of hydrogen-bond donors (Lipinski definition) is 1. The molecule has 6 nitrogen and oxygen atoms in total. The fourth-order valence-electron chi connectivity index (χ4n) is 1.08. The highest BCUT2D eigenvalue weighted by Crippen LogP contribution is 2.22. The molecule has 0 aliphatic carbocycles. The molecule has 2 aromatic rings. The van der Waals surface area contributed by atoms with Crippen molar-refractivity contribution in [3.05, 3.63) is 28.5 Å². The van der Waals surface area contributed by atoms with Crippen molar-refractivity contribution in [1.29, 1.82) is 0 Å². The van der Waals surface area contributed by atoms with Gasteiger partial charge in [-0.2, -0.15) is 0 Å². The maximum Gasteiger partial charge on any atom is 0.266 e. The van der Waals surface area contributed by atoms with Crippen LogP contribution in [-0.2, 0) is 10.0 Å². The van der Waals surface area contributed by atoms with Crippen LogP contribution in [0.2, 0.25) is 5.15 Å². The Balaban J connectivity index is 2.35. The number of aromatic nitrogens is 3. The smallest absolute Gasteiger partial charge is 0.253 e. The zero-order valence-corrected chi connectivity index (χ0v) is 11.0. The normalized spacial score (nSPS) is 11.4. The number of sulfonamides is 1. The van der Waals surface area contributed by atoms with Crippen LogP contribution in [-0.4, -0.2) is 23.6 Å². The maximum absolute atomic E-state index is 11.9. The van der Waals surface area contributed by atoms with E-state index in [1.54, 1.807) is 6.92 Å². The summed E-state index contributed by atoms with van der Waals surface area (Å²) in [6.07, 6.45) is 1.41. The SMILES string of the molecule is Cc1nnc(NS(=O)(=O)c2cccnc2Cl)s1. The highest BCUT2D eigenvalue weighted by atomic mass is 35.5. The van der Waals surface area contributed by atoms with Gasteiger partial charge in [0.1, 0.15) is 15.1 Å². The zero-order valence-electron chi connectivity index (χ0n) is 8.58. The molecule has 2 rings (SSSR count). The van der Waals surface area contributed by atoms with Crippen LogP contribution in [0.5, 0.6) is 0 Å². The van der Waals surface area contributed by atoms with Crippen molar-refractivity contribution < 1.29 is 8.42 Å². The van der Waals surface area contributed by atoms with E-state index in [1.165, 1.54) is 18.3 Å². The number of nitrogens with zero attached hydrogens (tertiary/aromatic N) is 3. The van der Waals surface area contributed by atoms with E-state index < -0.39 is 10.0 Å². The minimum absolute atomic E-state index is 0.0822. The van der Waals surface area contributed by atoms with E-state index in [9.17, 15) is 8.42 Å². The van der Waals surface area contributed by atoms with Gasteiger partial charge in [0.25, 0.3) is 10.0 Å². The second-order valence-corrected chi connectivity index (χ2v) is 6.21. The molecule has 0 aromatic carbocycles. The van der Waals surface area contributed by atoms with Crippen LogP contribution < -0.4 is 4.72 Å². The first-order chi connectivity index (χ1) is 7.99. The third kappa shape index (κ3) is 2.71. The molecule has 0 spiro atoms. The first-order valence-electron chi connectivity index (χ1n) is 4.42. The summed E-state index contributed by atoms with van der Waals surface area (Å²) >= 11 is 6.86. The van der Waals surface area contributed by atoms with Crippen LogP contribution >= 0.6 is 22.9 Å². The standard InChI is InChI=1S/C8H7ClN4O2S2/c1-5-11-12-8(16-5)13-17(14,15)6-3-2-4-10-7(6)9/h2-4H,1H3,(H,12,13). The van der Waals surface area contributed by atoms with Crippen LogP contribution in [0.4, 0.5) is 5.13 Å². The number of anilines is 1. The minimum Gasteiger partial charge on any atom is -0.253 e. The topological polar surface area (TPSA) is 84.8 Å². The average molecular weight is 291 g/mol. The van der Waals surface area contributed by atoms with Crippen molar-refractivity contribution in [2.75, 3.05) is 4.72 Å². The van der Waals surface area contributed by atoms with Crippen molar-refractivity contribution in [3.63, 3.8) is 0 Å². The molecule has 0 bridgehead atoms. The molecular formula is C8H7ClN4O2S2. The summed E-state index contributed by atoms with van der Waals surface area (Å²) in [6, 6.07) is 2.86. The summed E-state index contributed by atoms with van der Waals surface area (Å²) in [6.45, 7) is 1.73. The molecule has 2 heterocycles. The number of rotatable bonds is 3. The Morgan fingerprint density at radius 1 is 1.41 bits per heavy atom. The second-order valence-electron chi connectivity index (χ2n) is 3.02. The lowest BCUT2D eigenvalue weighted by atomic mass is 10.5. The Morgan fingerprint density at radius 3 is 2.76 bits per heavy atom. The average Bonchev–Trinajstić information content (AvgIpc) is 2.63. The molecule has 9 heteroatoms. The number of pyridine rings is 1. The van der Waals surface area contributed by atoms with Gasteiger partial charge >= 0.3 is 0 Å². The van der Waals surface area contributed by atoms with Gasteiger partial charge in [0, 0.05) is 6.20 Å². The molecule has 2 aromatic heterocycles. The van der Waals surface area contributed by atoms with Gasteiger partial charge in [0.15, 0.2) is 0 Å². The number of hydrogen-bond acceptors (Lipinski definition) is 6. The maximum atomic E-state index is 11.9. The molecule has 0 radical (unpaired) electrons. The first kappa shape index (κ1) is 12.2. The third-order valence-corrected chi connectivity index (χ3v) is 4.43. The van der Waals surface area contributed by atoms with Gasteiger partial charge in [-0.25, -0.2) is 13.4 Å². The van der Waals surface area contributed by atoms with Crippen LogP contribution in [0.25, 0.3) is 0 Å². The summed E-state index contributed by atoms with van der Waals surface area (Å²) < 4.78 is 26.2. The summed E-state index contributed by atoms with van der Waals surface area (Å²) in [4.78, 5) is 3.62. The fraction of sp³-hybridized carbons (Fsp3) is 0.125. The van der Waals surface area contributed by atoms with Gasteiger partial charge in [0.2, 0.25) is 5.13 Å². The number of aryl methyl sites for hydroxylation is 1. The highest BCUT2D eigenvalue weighted by Gasteiger charge is 2.19. The molecular weight excluding hydrogens is 284 g/mol. The molecule has 0 aliphatic heterocycles. The van der Waals surface area contributed by atoms with Gasteiger partial charge in [-0.3, -0.25) is 4.72 Å². The lowest BCUT2D eigenvalue weighted by Gasteiger charge is -2.04. The van der Waals surface area contributed by atoms with Gasteiger partial charge in [-0.05, 0) is 19.1 Å². The molecule has 0 amide bonds. The van der Waals surface area contributed by atoms with Crippen LogP contribution in [0, 0.1) is 6.92 Å². The summed E-state index contributed by atoms with van der Waals surface area (Å²) in [5.41, 5.74) is 0. The third-order valence-electron chi connectivity index (χ3n) is 1.76. The van der Waals surface area contributed by atoms with E-state index in [2.05, 4.69) is 19.9 Å². The molecule has 0 saturated carbocycles. The molecule has 0 fully saturated rings. The van der Waals surface area contributed by atoms with Crippen LogP contribution in [0.15, 0.2) is 23.2 Å². The van der Waals surface area contributed by atoms with E-state index in [0.29, 0.717) is 5.01 Å². The van der Waals surface area contributed by atoms with Gasteiger partial charge in [0.05, 0.1) is 0 Å². The molecule has 1 N–H and O–H groups in total. The van der Waals surface area contributed by atoms with E-state index in [0.717, 1.165) is 11.3 Å². The van der Waals surface area contributed by atoms with Gasteiger partial charge in [-0.15, -0.1) is 10.2 Å². The van der Waals surface area contributed by atoms with E-state index in [1.807, 2.05) is 0 Å². The molecule has 0 atom stereocenters. The van der Waals surface area contributed by atoms with Crippen LogP contribution in [0.1, 0.15) is 5.01 Å². The second kappa shape index (κ2) is 4.55. The number of halogens is 1. The van der Waals surface area contributed by atoms with Crippen LogP contribution in [0.3, 0.4) is 0 Å². The molecule has 0 unspecified atom stereocenters. The summed E-state index contributed by atoms with van der Waals surface area (Å²) in [5.74, 6) is 0. The Bertz CT molecular complexity index is 640. The Morgan fingerprint density at radius 2 is 2.18 bits per heavy atom. The lowest BCUT2D eigenvalue weighted by Crippen LogP contribution is -2.13. The molecule has 0 saturated heterocycles. The quantitative estimate of drug-likeness (QED) is 0.870. The minimum atomic E-state index is -3.77. The first-order valence-corrected chi connectivity index (χ1v) is 7.10. The van der Waals surface area contributed by atoms with Gasteiger partial charge in [-0.1, -0.05) is 22.9 Å².